The molecule has 0 aromatic heterocycles. The topological polar surface area (TPSA) is 72.9 Å². The van der Waals surface area contributed by atoms with Crippen LogP contribution in [0.5, 0.6) is 0 Å². The van der Waals surface area contributed by atoms with Gasteiger partial charge in [0.25, 0.3) is 5.91 Å². The Morgan fingerprint density at radius 3 is 2.32 bits per heavy atom. The van der Waals surface area contributed by atoms with Crippen LogP contribution in [0, 0.1) is 0 Å². The first-order valence-corrected chi connectivity index (χ1v) is 8.40. The van der Waals surface area contributed by atoms with Crippen molar-refractivity contribution in [2.75, 3.05) is 27.3 Å². The monoisotopic (exact) mass is 329 g/mol. The summed E-state index contributed by atoms with van der Waals surface area (Å²) in [6.45, 7) is 4.55. The fourth-order valence-electron chi connectivity index (χ4n) is 1.84. The predicted octanol–water partition coefficient (Wildman–Crippen LogP) is 2.18. The van der Waals surface area contributed by atoms with Gasteiger partial charge in [0.2, 0.25) is 0 Å². The van der Waals surface area contributed by atoms with Crippen LogP contribution in [0.1, 0.15) is 42.1 Å². The minimum absolute atomic E-state index is 0.0277. The Labute approximate surface area is 132 Å². The van der Waals surface area contributed by atoms with Crippen LogP contribution in [0.3, 0.4) is 0 Å². The van der Waals surface area contributed by atoms with Crippen molar-refractivity contribution >= 4 is 16.3 Å². The van der Waals surface area contributed by atoms with Crippen molar-refractivity contribution in [1.29, 1.82) is 0 Å². The summed E-state index contributed by atoms with van der Waals surface area (Å²) in [5.41, 5.74) is 1.79. The molecule has 0 radical (unpaired) electrons. The minimum Gasteiger partial charge on any atom is -0.342 e. The lowest BCUT2D eigenvalue weighted by atomic mass is 10.0. The molecule has 0 bridgehead atoms. The number of amides is 1. The molecule has 1 rings (SSSR count). The Morgan fingerprint density at radius 1 is 1.23 bits per heavy atom. The summed E-state index contributed by atoms with van der Waals surface area (Å²) in [7, 11) is -1.20. The highest BCUT2D eigenvalue weighted by Crippen LogP contribution is 2.15. The third kappa shape index (κ3) is 5.75. The molecule has 7 heteroatoms. The zero-order valence-electron chi connectivity index (χ0n) is 13.4. The molecule has 0 N–H and O–H groups in total. The number of carbonyl (C=O) groups excluding carboxylic acids is 1. The summed E-state index contributed by atoms with van der Waals surface area (Å²) in [5, 5.41) is 0. The van der Waals surface area contributed by atoms with Gasteiger partial charge < -0.3 is 4.90 Å². The average Bonchev–Trinajstić information content (AvgIpc) is 2.50. The highest BCUT2D eigenvalue weighted by Gasteiger charge is 2.13. The maximum atomic E-state index is 12.2. The highest BCUT2D eigenvalue weighted by atomic mass is 32.3. The van der Waals surface area contributed by atoms with Gasteiger partial charge >= 0.3 is 10.4 Å². The molecule has 0 saturated carbocycles. The molecule has 0 unspecified atom stereocenters. The Balaban J connectivity index is 2.48. The lowest BCUT2D eigenvalue weighted by Crippen LogP contribution is -2.28. The number of benzene rings is 1. The van der Waals surface area contributed by atoms with E-state index >= 15 is 0 Å². The van der Waals surface area contributed by atoms with Crippen molar-refractivity contribution in [1.82, 2.24) is 4.90 Å². The largest absolute Gasteiger partial charge is 0.399 e. The van der Waals surface area contributed by atoms with Gasteiger partial charge in [0.05, 0.1) is 13.7 Å². The summed E-state index contributed by atoms with van der Waals surface area (Å²) in [6, 6.07) is 7.50. The van der Waals surface area contributed by atoms with E-state index in [1.807, 2.05) is 12.1 Å². The van der Waals surface area contributed by atoms with E-state index < -0.39 is 10.4 Å². The van der Waals surface area contributed by atoms with Crippen LogP contribution in [-0.4, -0.2) is 46.5 Å². The first-order valence-electron chi connectivity index (χ1n) is 7.07. The number of hydrogen-bond donors (Lipinski definition) is 0. The molecule has 0 saturated heterocycles. The van der Waals surface area contributed by atoms with Gasteiger partial charge in [0.15, 0.2) is 0 Å². The quantitative estimate of drug-likeness (QED) is 0.684. The van der Waals surface area contributed by atoms with Crippen molar-refractivity contribution in [3.63, 3.8) is 0 Å². The molecule has 0 aliphatic rings. The molecule has 0 heterocycles. The zero-order valence-corrected chi connectivity index (χ0v) is 14.2. The molecular formula is C15H23NO5S. The fraction of sp³-hybridized carbons (Fsp3) is 0.533. The second-order valence-electron chi connectivity index (χ2n) is 5.25. The Bertz CT molecular complexity index is 580. The van der Waals surface area contributed by atoms with E-state index in [0.29, 0.717) is 24.4 Å². The Morgan fingerprint density at radius 2 is 1.82 bits per heavy atom. The van der Waals surface area contributed by atoms with E-state index in [9.17, 15) is 13.2 Å². The third-order valence-electron chi connectivity index (χ3n) is 3.24. The third-order valence-corrected chi connectivity index (χ3v) is 4.10. The van der Waals surface area contributed by atoms with Gasteiger partial charge in [0.1, 0.15) is 0 Å². The molecule has 1 aromatic carbocycles. The molecule has 0 spiro atoms. The molecule has 0 aliphatic carbocycles. The maximum absolute atomic E-state index is 12.2. The van der Waals surface area contributed by atoms with Gasteiger partial charge in [-0.2, -0.15) is 8.42 Å². The zero-order chi connectivity index (χ0) is 16.8. The molecule has 6 nitrogen and oxygen atoms in total. The predicted molar refractivity (Wildman–Crippen MR) is 84.0 cm³/mol. The van der Waals surface area contributed by atoms with E-state index in [1.54, 1.807) is 19.2 Å². The van der Waals surface area contributed by atoms with Crippen LogP contribution in [-0.2, 0) is 18.8 Å². The summed E-state index contributed by atoms with van der Waals surface area (Å²) < 4.78 is 30.7. The van der Waals surface area contributed by atoms with Crippen LogP contribution < -0.4 is 0 Å². The smallest absolute Gasteiger partial charge is 0.342 e. The first-order chi connectivity index (χ1) is 10.3. The SMILES string of the molecule is COS(=O)(=O)OCCCN(C)C(=O)c1ccc(C(C)C)cc1. The van der Waals surface area contributed by atoms with Crippen LogP contribution in [0.15, 0.2) is 24.3 Å². The molecule has 124 valence electrons. The summed E-state index contributed by atoms with van der Waals surface area (Å²) in [5.74, 6) is 0.312. The second-order valence-corrected chi connectivity index (χ2v) is 6.64. The molecule has 1 amide bonds. The maximum Gasteiger partial charge on any atom is 0.399 e. The van der Waals surface area contributed by atoms with Crippen molar-refractivity contribution in [2.45, 2.75) is 26.2 Å². The van der Waals surface area contributed by atoms with Gasteiger partial charge in [-0.05, 0) is 30.0 Å². The molecule has 22 heavy (non-hydrogen) atoms. The van der Waals surface area contributed by atoms with Crippen LogP contribution in [0.4, 0.5) is 0 Å². The highest BCUT2D eigenvalue weighted by molar-refractivity contribution is 7.81. The van der Waals surface area contributed by atoms with Gasteiger partial charge in [-0.25, -0.2) is 4.18 Å². The molecule has 0 atom stereocenters. The van der Waals surface area contributed by atoms with Crippen molar-refractivity contribution < 1.29 is 21.6 Å². The van der Waals surface area contributed by atoms with Crippen molar-refractivity contribution in [3.05, 3.63) is 35.4 Å². The van der Waals surface area contributed by atoms with Gasteiger partial charge in [-0.3, -0.25) is 8.98 Å². The van der Waals surface area contributed by atoms with Gasteiger partial charge in [-0.15, -0.1) is 0 Å². The van der Waals surface area contributed by atoms with E-state index in [1.165, 1.54) is 10.5 Å². The van der Waals surface area contributed by atoms with E-state index in [4.69, 9.17) is 0 Å². The summed E-state index contributed by atoms with van der Waals surface area (Å²) in [6.07, 6.45) is 0.398. The standard InChI is InChI=1S/C15H23NO5S/c1-12(2)13-6-8-14(9-7-13)15(17)16(3)10-5-11-21-22(18,19)20-4/h6-9,12H,5,10-11H2,1-4H3. The molecule has 1 aromatic rings. The van der Waals surface area contributed by atoms with Gasteiger partial charge in [-0.1, -0.05) is 26.0 Å². The minimum atomic E-state index is -3.91. The van der Waals surface area contributed by atoms with E-state index in [2.05, 4.69) is 22.2 Å². The number of carbonyl (C=O) groups is 1. The Hall–Kier alpha value is -1.44. The number of rotatable bonds is 8. The fourth-order valence-corrected chi connectivity index (χ4v) is 2.26. The summed E-state index contributed by atoms with van der Waals surface area (Å²) in [4.78, 5) is 13.8. The normalized spacial score (nSPS) is 11.7. The first kappa shape index (κ1) is 18.6. The van der Waals surface area contributed by atoms with Crippen molar-refractivity contribution in [3.8, 4) is 0 Å². The average molecular weight is 329 g/mol. The van der Waals surface area contributed by atoms with Crippen LogP contribution in [0.2, 0.25) is 0 Å². The number of hydrogen-bond acceptors (Lipinski definition) is 5. The molecule has 0 aliphatic heterocycles. The lowest BCUT2D eigenvalue weighted by molar-refractivity contribution is 0.0787. The van der Waals surface area contributed by atoms with Crippen molar-refractivity contribution in [2.24, 2.45) is 0 Å². The van der Waals surface area contributed by atoms with E-state index in [0.717, 1.165) is 7.11 Å². The van der Waals surface area contributed by atoms with Gasteiger partial charge in [0, 0.05) is 19.2 Å². The molecular weight excluding hydrogens is 306 g/mol. The summed E-state index contributed by atoms with van der Waals surface area (Å²) >= 11 is 0. The Kier molecular flexibility index (Phi) is 6.99. The van der Waals surface area contributed by atoms with E-state index in [-0.39, 0.29) is 12.5 Å². The van der Waals surface area contributed by atoms with Crippen LogP contribution >= 0.6 is 0 Å². The second kappa shape index (κ2) is 8.26. The van der Waals surface area contributed by atoms with Crippen LogP contribution in [0.25, 0.3) is 0 Å². The molecule has 0 fully saturated rings. The lowest BCUT2D eigenvalue weighted by Gasteiger charge is -2.17. The number of nitrogens with zero attached hydrogens (tertiary/aromatic N) is 1.